The van der Waals surface area contributed by atoms with E-state index in [9.17, 15) is 9.18 Å². The summed E-state index contributed by atoms with van der Waals surface area (Å²) in [6.45, 7) is 4.08. The van der Waals surface area contributed by atoms with Crippen molar-refractivity contribution in [1.82, 2.24) is 9.78 Å². The highest BCUT2D eigenvalue weighted by Crippen LogP contribution is 2.19. The van der Waals surface area contributed by atoms with Gasteiger partial charge in [0.05, 0.1) is 28.6 Å². The number of nitrogens with zero attached hydrogens (tertiary/aromatic N) is 2. The number of carbonyl (C=O) groups is 1. The van der Waals surface area contributed by atoms with E-state index in [2.05, 4.69) is 10.4 Å². The number of hydrogen-bond donors (Lipinski definition) is 2. The fourth-order valence-corrected chi connectivity index (χ4v) is 2.08. The van der Waals surface area contributed by atoms with Gasteiger partial charge in [0.2, 0.25) is 5.91 Å². The van der Waals surface area contributed by atoms with E-state index >= 15 is 0 Å². The Labute approximate surface area is 126 Å². The molecule has 0 aliphatic heterocycles. The summed E-state index contributed by atoms with van der Waals surface area (Å²) in [4.78, 5) is 11.9. The van der Waals surface area contributed by atoms with Gasteiger partial charge in [0.15, 0.2) is 0 Å². The summed E-state index contributed by atoms with van der Waals surface area (Å²) in [5.74, 6) is -0.713. The predicted molar refractivity (Wildman–Crippen MR) is 80.8 cm³/mol. The number of nitrogens with one attached hydrogen (secondary N) is 1. The third-order valence-electron chi connectivity index (χ3n) is 3.12. The minimum absolute atomic E-state index is 0.00173. The average Bonchev–Trinajstić information content (AvgIpc) is 2.68. The standard InChI is InChI=1S/C14H16ClFN4O/c1-8-14(15)9(2)20(19-8)6-5-13(21)18-10-3-4-11(16)12(17)7-10/h3-4,7H,5-6,17H2,1-2H3,(H,18,21). The van der Waals surface area contributed by atoms with E-state index < -0.39 is 5.82 Å². The Hall–Kier alpha value is -2.08. The number of nitrogen functional groups attached to an aromatic ring is 1. The molecule has 112 valence electrons. The topological polar surface area (TPSA) is 72.9 Å². The van der Waals surface area contributed by atoms with Crippen LogP contribution in [-0.4, -0.2) is 15.7 Å². The van der Waals surface area contributed by atoms with Gasteiger partial charge in [0, 0.05) is 12.1 Å². The number of rotatable bonds is 4. The second-order valence-electron chi connectivity index (χ2n) is 4.74. The van der Waals surface area contributed by atoms with E-state index in [1.807, 2.05) is 13.8 Å². The molecule has 5 nitrogen and oxygen atoms in total. The second-order valence-corrected chi connectivity index (χ2v) is 5.12. The highest BCUT2D eigenvalue weighted by molar-refractivity contribution is 6.31. The number of halogens is 2. The molecule has 0 fully saturated rings. The first-order valence-electron chi connectivity index (χ1n) is 6.43. The quantitative estimate of drug-likeness (QED) is 0.853. The largest absolute Gasteiger partial charge is 0.396 e. The first-order valence-corrected chi connectivity index (χ1v) is 6.80. The zero-order valence-electron chi connectivity index (χ0n) is 11.8. The molecule has 7 heteroatoms. The van der Waals surface area contributed by atoms with Crippen molar-refractivity contribution < 1.29 is 9.18 Å². The fraction of sp³-hybridized carbons (Fsp3) is 0.286. The Balaban J connectivity index is 1.95. The van der Waals surface area contributed by atoms with Crippen molar-refractivity contribution in [1.29, 1.82) is 0 Å². The van der Waals surface area contributed by atoms with Gasteiger partial charge < -0.3 is 11.1 Å². The van der Waals surface area contributed by atoms with Crippen molar-refractivity contribution in [3.05, 3.63) is 40.4 Å². The SMILES string of the molecule is Cc1nn(CCC(=O)Nc2ccc(F)c(N)c2)c(C)c1Cl. The molecule has 0 atom stereocenters. The Morgan fingerprint density at radius 2 is 2.19 bits per heavy atom. The normalized spacial score (nSPS) is 10.7. The third kappa shape index (κ3) is 3.52. The van der Waals surface area contributed by atoms with Gasteiger partial charge in [-0.25, -0.2) is 4.39 Å². The molecule has 1 aromatic carbocycles. The van der Waals surface area contributed by atoms with Gasteiger partial charge in [-0.2, -0.15) is 5.10 Å². The molecular weight excluding hydrogens is 295 g/mol. The molecule has 0 aliphatic carbocycles. The van der Waals surface area contributed by atoms with Crippen LogP contribution < -0.4 is 11.1 Å². The molecule has 0 spiro atoms. The molecule has 0 bridgehead atoms. The van der Waals surface area contributed by atoms with Gasteiger partial charge in [-0.1, -0.05) is 11.6 Å². The summed E-state index contributed by atoms with van der Waals surface area (Å²) >= 11 is 6.04. The second kappa shape index (κ2) is 6.13. The zero-order chi connectivity index (χ0) is 15.6. The number of benzene rings is 1. The number of anilines is 2. The maximum atomic E-state index is 13.0. The van der Waals surface area contributed by atoms with Gasteiger partial charge in [0.1, 0.15) is 5.82 Å². The van der Waals surface area contributed by atoms with Crippen molar-refractivity contribution in [2.75, 3.05) is 11.1 Å². The molecule has 21 heavy (non-hydrogen) atoms. The van der Waals surface area contributed by atoms with Gasteiger partial charge in [0.25, 0.3) is 0 Å². The first kappa shape index (κ1) is 15.3. The monoisotopic (exact) mass is 310 g/mol. The Morgan fingerprint density at radius 1 is 1.48 bits per heavy atom. The van der Waals surface area contributed by atoms with Crippen LogP contribution in [0.3, 0.4) is 0 Å². The minimum atomic E-state index is -0.509. The molecular formula is C14H16ClFN4O. The first-order chi connectivity index (χ1) is 9.88. The molecule has 1 aromatic heterocycles. The van der Waals surface area contributed by atoms with Crippen LogP contribution in [0.4, 0.5) is 15.8 Å². The molecule has 3 N–H and O–H groups in total. The van der Waals surface area contributed by atoms with Crippen LogP contribution in [-0.2, 0) is 11.3 Å². The Morgan fingerprint density at radius 3 is 2.76 bits per heavy atom. The van der Waals surface area contributed by atoms with Gasteiger partial charge in [-0.3, -0.25) is 9.48 Å². The molecule has 2 aromatic rings. The average molecular weight is 311 g/mol. The Bertz CT molecular complexity index is 684. The maximum absolute atomic E-state index is 13.0. The molecule has 0 unspecified atom stereocenters. The smallest absolute Gasteiger partial charge is 0.226 e. The van der Waals surface area contributed by atoms with Crippen LogP contribution in [0, 0.1) is 19.7 Å². The highest BCUT2D eigenvalue weighted by Gasteiger charge is 2.11. The molecule has 0 saturated heterocycles. The van der Waals surface area contributed by atoms with E-state index in [0.29, 0.717) is 17.3 Å². The Kier molecular flexibility index (Phi) is 4.47. The summed E-state index contributed by atoms with van der Waals surface area (Å²) in [6.07, 6.45) is 0.232. The van der Waals surface area contributed by atoms with Crippen LogP contribution in [0.25, 0.3) is 0 Å². The van der Waals surface area contributed by atoms with E-state index in [-0.39, 0.29) is 18.0 Å². The minimum Gasteiger partial charge on any atom is -0.396 e. The lowest BCUT2D eigenvalue weighted by Crippen LogP contribution is -2.15. The summed E-state index contributed by atoms with van der Waals surface area (Å²) in [6, 6.07) is 4.06. The van der Waals surface area contributed by atoms with Gasteiger partial charge >= 0.3 is 0 Å². The fourth-order valence-electron chi connectivity index (χ4n) is 1.95. The lowest BCUT2D eigenvalue weighted by molar-refractivity contribution is -0.116. The molecule has 0 radical (unpaired) electrons. The molecule has 0 saturated carbocycles. The summed E-state index contributed by atoms with van der Waals surface area (Å²) in [7, 11) is 0. The number of hydrogen-bond acceptors (Lipinski definition) is 3. The van der Waals surface area contributed by atoms with E-state index in [4.69, 9.17) is 17.3 Å². The molecule has 0 aliphatic rings. The third-order valence-corrected chi connectivity index (χ3v) is 3.67. The maximum Gasteiger partial charge on any atom is 0.226 e. The zero-order valence-corrected chi connectivity index (χ0v) is 12.5. The van der Waals surface area contributed by atoms with Crippen LogP contribution in [0.15, 0.2) is 18.2 Å². The number of aryl methyl sites for hydroxylation is 2. The lowest BCUT2D eigenvalue weighted by Gasteiger charge is -2.07. The number of nitrogens with two attached hydrogens (primary N) is 1. The van der Waals surface area contributed by atoms with Gasteiger partial charge in [-0.15, -0.1) is 0 Å². The van der Waals surface area contributed by atoms with Gasteiger partial charge in [-0.05, 0) is 32.0 Å². The van der Waals surface area contributed by atoms with Crippen molar-refractivity contribution >= 4 is 28.9 Å². The highest BCUT2D eigenvalue weighted by atomic mass is 35.5. The van der Waals surface area contributed by atoms with Crippen molar-refractivity contribution in [3.8, 4) is 0 Å². The van der Waals surface area contributed by atoms with E-state index in [0.717, 1.165) is 11.4 Å². The summed E-state index contributed by atoms with van der Waals surface area (Å²) in [5.41, 5.74) is 7.47. The van der Waals surface area contributed by atoms with E-state index in [1.54, 1.807) is 4.68 Å². The van der Waals surface area contributed by atoms with Crippen LogP contribution >= 0.6 is 11.6 Å². The summed E-state index contributed by atoms with van der Waals surface area (Å²) in [5, 5.41) is 7.52. The van der Waals surface area contributed by atoms with Crippen LogP contribution in [0.5, 0.6) is 0 Å². The molecule has 2 rings (SSSR count). The lowest BCUT2D eigenvalue weighted by atomic mass is 10.2. The molecule has 1 amide bonds. The van der Waals surface area contributed by atoms with Crippen molar-refractivity contribution in [2.45, 2.75) is 26.8 Å². The van der Waals surface area contributed by atoms with Crippen molar-refractivity contribution in [3.63, 3.8) is 0 Å². The summed E-state index contributed by atoms with van der Waals surface area (Å²) < 4.78 is 14.7. The van der Waals surface area contributed by atoms with Crippen LogP contribution in [0.1, 0.15) is 17.8 Å². The number of amides is 1. The number of carbonyl (C=O) groups excluding carboxylic acids is 1. The van der Waals surface area contributed by atoms with Crippen LogP contribution in [0.2, 0.25) is 5.02 Å². The predicted octanol–water partition coefficient (Wildman–Crippen LogP) is 2.90. The molecule has 1 heterocycles. The van der Waals surface area contributed by atoms with E-state index in [1.165, 1.54) is 18.2 Å². The van der Waals surface area contributed by atoms with Crippen molar-refractivity contribution in [2.24, 2.45) is 0 Å². The number of aromatic nitrogens is 2.